The predicted molar refractivity (Wildman–Crippen MR) is 78.2 cm³/mol. The highest BCUT2D eigenvalue weighted by atomic mass is 16.5. The van der Waals surface area contributed by atoms with E-state index in [4.69, 9.17) is 16.2 Å². The highest BCUT2D eigenvalue weighted by molar-refractivity contribution is 6.00. The quantitative estimate of drug-likeness (QED) is 0.744. The van der Waals surface area contributed by atoms with Gasteiger partial charge < -0.3 is 21.5 Å². The fourth-order valence-electron chi connectivity index (χ4n) is 2.20. The summed E-state index contributed by atoms with van der Waals surface area (Å²) in [5.74, 6) is 0.256. The molecule has 0 saturated carbocycles. The first-order valence-corrected chi connectivity index (χ1v) is 6.33. The predicted octanol–water partition coefficient (Wildman–Crippen LogP) is 1.65. The Balaban J connectivity index is 1.92. The summed E-state index contributed by atoms with van der Waals surface area (Å²) in [5, 5.41) is 2.73. The Bertz CT molecular complexity index is 756. The van der Waals surface area contributed by atoms with Gasteiger partial charge in [0.1, 0.15) is 5.75 Å². The van der Waals surface area contributed by atoms with Crippen LogP contribution < -0.4 is 21.5 Å². The molecule has 0 fully saturated rings. The number of hydrogen-bond acceptors (Lipinski definition) is 4. The first-order chi connectivity index (χ1) is 10.0. The van der Waals surface area contributed by atoms with Crippen LogP contribution in [0.2, 0.25) is 0 Å². The van der Waals surface area contributed by atoms with Gasteiger partial charge in [-0.05, 0) is 29.8 Å². The number of primary amides is 1. The smallest absolute Gasteiger partial charge is 0.248 e. The third-order valence-corrected chi connectivity index (χ3v) is 3.21. The van der Waals surface area contributed by atoms with Gasteiger partial charge in [0.2, 0.25) is 11.8 Å². The fraction of sp³-hybridized carbons (Fsp3) is 0.0667. The van der Waals surface area contributed by atoms with Crippen LogP contribution in [0.15, 0.2) is 36.4 Å². The van der Waals surface area contributed by atoms with Crippen molar-refractivity contribution in [2.45, 2.75) is 6.42 Å². The number of anilines is 2. The lowest BCUT2D eigenvalue weighted by Gasteiger charge is -2.11. The number of nitrogens with one attached hydrogen (secondary N) is 1. The molecule has 106 valence electrons. The van der Waals surface area contributed by atoms with E-state index in [9.17, 15) is 9.59 Å². The number of ether oxygens (including phenoxy) is 1. The van der Waals surface area contributed by atoms with Crippen LogP contribution in [0.4, 0.5) is 11.4 Å². The van der Waals surface area contributed by atoms with Crippen LogP contribution in [0.1, 0.15) is 15.9 Å². The van der Waals surface area contributed by atoms with Gasteiger partial charge in [0.05, 0.1) is 12.1 Å². The molecule has 6 nitrogen and oxygen atoms in total. The van der Waals surface area contributed by atoms with Crippen LogP contribution in [0, 0.1) is 0 Å². The number of rotatable bonds is 3. The second-order valence-electron chi connectivity index (χ2n) is 4.77. The molecule has 0 unspecified atom stereocenters. The minimum absolute atomic E-state index is 0.0720. The Labute approximate surface area is 120 Å². The van der Waals surface area contributed by atoms with Crippen LogP contribution in [0.3, 0.4) is 0 Å². The van der Waals surface area contributed by atoms with Gasteiger partial charge in [-0.3, -0.25) is 9.59 Å². The highest BCUT2D eigenvalue weighted by Crippen LogP contribution is 2.35. The summed E-state index contributed by atoms with van der Waals surface area (Å²) in [5.41, 5.74) is 13.5. The maximum atomic E-state index is 11.4. The van der Waals surface area contributed by atoms with Crippen molar-refractivity contribution in [2.75, 3.05) is 11.1 Å². The summed E-state index contributed by atoms with van der Waals surface area (Å²) in [4.78, 5) is 22.5. The van der Waals surface area contributed by atoms with Crippen LogP contribution in [0.5, 0.6) is 11.5 Å². The molecule has 0 aromatic heterocycles. The largest absolute Gasteiger partial charge is 0.455 e. The Morgan fingerprint density at radius 1 is 1.24 bits per heavy atom. The first kappa shape index (κ1) is 13.0. The fourth-order valence-corrected chi connectivity index (χ4v) is 2.20. The molecular weight excluding hydrogens is 270 g/mol. The van der Waals surface area contributed by atoms with Gasteiger partial charge in [0, 0.05) is 17.3 Å². The Morgan fingerprint density at radius 2 is 2.05 bits per heavy atom. The lowest BCUT2D eigenvalue weighted by atomic mass is 10.1. The van der Waals surface area contributed by atoms with Crippen molar-refractivity contribution >= 4 is 23.2 Å². The van der Waals surface area contributed by atoms with Crippen LogP contribution in [-0.4, -0.2) is 11.8 Å². The molecular formula is C15H13N3O3. The summed E-state index contributed by atoms with van der Waals surface area (Å²) in [6.45, 7) is 0. The topological polar surface area (TPSA) is 107 Å². The molecule has 2 aromatic carbocycles. The Hall–Kier alpha value is -3.02. The van der Waals surface area contributed by atoms with Crippen LogP contribution in [-0.2, 0) is 11.2 Å². The molecule has 3 rings (SSSR count). The second kappa shape index (κ2) is 4.82. The maximum absolute atomic E-state index is 11.4. The number of amides is 2. The van der Waals surface area contributed by atoms with E-state index < -0.39 is 5.91 Å². The van der Waals surface area contributed by atoms with E-state index in [1.165, 1.54) is 6.07 Å². The molecule has 0 aliphatic carbocycles. The molecule has 5 N–H and O–H groups in total. The average Bonchev–Trinajstić information content (AvgIpc) is 2.78. The lowest BCUT2D eigenvalue weighted by Crippen LogP contribution is -2.10. The summed E-state index contributed by atoms with van der Waals surface area (Å²) < 4.78 is 5.68. The third kappa shape index (κ3) is 2.51. The number of fused-ring (bicyclic) bond motifs is 1. The van der Waals surface area contributed by atoms with Crippen LogP contribution >= 0.6 is 0 Å². The normalized spacial score (nSPS) is 12.7. The summed E-state index contributed by atoms with van der Waals surface area (Å²) in [6.07, 6.45) is 0.316. The number of nitrogens with two attached hydrogens (primary N) is 2. The van der Waals surface area contributed by atoms with Crippen molar-refractivity contribution in [1.29, 1.82) is 0 Å². The van der Waals surface area contributed by atoms with E-state index in [-0.39, 0.29) is 5.91 Å². The zero-order valence-electron chi connectivity index (χ0n) is 11.1. The summed E-state index contributed by atoms with van der Waals surface area (Å²) >= 11 is 0. The molecule has 0 radical (unpaired) electrons. The Kier molecular flexibility index (Phi) is 2.98. The zero-order valence-corrected chi connectivity index (χ0v) is 11.1. The zero-order chi connectivity index (χ0) is 15.0. The first-order valence-electron chi connectivity index (χ1n) is 6.33. The molecule has 1 aliphatic heterocycles. The van der Waals surface area contributed by atoms with Gasteiger partial charge in [-0.25, -0.2) is 0 Å². The summed E-state index contributed by atoms with van der Waals surface area (Å²) in [7, 11) is 0. The second-order valence-corrected chi connectivity index (χ2v) is 4.77. The lowest BCUT2D eigenvalue weighted by molar-refractivity contribution is -0.115. The highest BCUT2D eigenvalue weighted by Gasteiger charge is 2.20. The number of hydrogen-bond donors (Lipinski definition) is 3. The van der Waals surface area contributed by atoms with Gasteiger partial charge in [-0.1, -0.05) is 6.07 Å². The van der Waals surface area contributed by atoms with E-state index in [0.717, 1.165) is 5.56 Å². The molecule has 0 spiro atoms. The summed E-state index contributed by atoms with van der Waals surface area (Å²) in [6, 6.07) is 9.88. The van der Waals surface area contributed by atoms with Crippen molar-refractivity contribution in [1.82, 2.24) is 0 Å². The van der Waals surface area contributed by atoms with Gasteiger partial charge in [0.15, 0.2) is 5.75 Å². The van der Waals surface area contributed by atoms with E-state index in [0.29, 0.717) is 34.9 Å². The van der Waals surface area contributed by atoms with E-state index in [1.54, 1.807) is 30.3 Å². The number of carbonyl (C=O) groups is 2. The van der Waals surface area contributed by atoms with Crippen molar-refractivity contribution in [3.05, 3.63) is 47.5 Å². The molecule has 1 heterocycles. The van der Waals surface area contributed by atoms with Crippen molar-refractivity contribution in [3.8, 4) is 11.5 Å². The number of benzene rings is 2. The van der Waals surface area contributed by atoms with Gasteiger partial charge in [-0.2, -0.15) is 0 Å². The number of carbonyl (C=O) groups excluding carboxylic acids is 2. The van der Waals surface area contributed by atoms with Crippen molar-refractivity contribution in [3.63, 3.8) is 0 Å². The van der Waals surface area contributed by atoms with Gasteiger partial charge in [0.25, 0.3) is 0 Å². The molecule has 6 heteroatoms. The molecule has 2 amide bonds. The molecule has 0 bridgehead atoms. The SMILES string of the molecule is NC(=O)c1cccc(Oc2cc3c(cc2N)CC(=O)N3)c1. The average molecular weight is 283 g/mol. The Morgan fingerprint density at radius 3 is 2.81 bits per heavy atom. The third-order valence-electron chi connectivity index (χ3n) is 3.21. The molecule has 21 heavy (non-hydrogen) atoms. The van der Waals surface area contributed by atoms with E-state index in [2.05, 4.69) is 5.32 Å². The van der Waals surface area contributed by atoms with Crippen LogP contribution in [0.25, 0.3) is 0 Å². The van der Waals surface area contributed by atoms with E-state index in [1.807, 2.05) is 0 Å². The molecule has 0 atom stereocenters. The molecule has 2 aromatic rings. The standard InChI is InChI=1S/C15H13N3O3/c16-11-5-9-6-14(19)18-12(9)7-13(11)21-10-3-1-2-8(4-10)15(17)20/h1-5,7H,6,16H2,(H2,17,20)(H,18,19). The van der Waals surface area contributed by atoms with Crippen molar-refractivity contribution in [2.24, 2.45) is 5.73 Å². The minimum atomic E-state index is -0.533. The molecule has 1 aliphatic rings. The van der Waals surface area contributed by atoms with Gasteiger partial charge >= 0.3 is 0 Å². The van der Waals surface area contributed by atoms with Gasteiger partial charge in [-0.15, -0.1) is 0 Å². The molecule has 0 saturated heterocycles. The maximum Gasteiger partial charge on any atom is 0.248 e. The monoisotopic (exact) mass is 283 g/mol. The minimum Gasteiger partial charge on any atom is -0.455 e. The van der Waals surface area contributed by atoms with Crippen molar-refractivity contribution < 1.29 is 14.3 Å². The van der Waals surface area contributed by atoms with E-state index >= 15 is 0 Å². The number of nitrogen functional groups attached to an aromatic ring is 1.